The number of rotatable bonds is 2. The Morgan fingerprint density at radius 2 is 2.13 bits per heavy atom. The van der Waals surface area contributed by atoms with Crippen LogP contribution in [0.1, 0.15) is 0 Å². The molecule has 15 heavy (non-hydrogen) atoms. The van der Waals surface area contributed by atoms with Crippen molar-refractivity contribution >= 4 is 15.9 Å². The molecular weight excluding hydrogens is 263 g/mol. The van der Waals surface area contributed by atoms with Crippen molar-refractivity contribution in [2.45, 2.75) is 0 Å². The fourth-order valence-corrected chi connectivity index (χ4v) is 1.76. The smallest absolute Gasteiger partial charge is 0.301 e. The van der Waals surface area contributed by atoms with Gasteiger partial charge in [0.1, 0.15) is 10.4 Å². The minimum Gasteiger partial charge on any atom is -0.468 e. The molecule has 0 atom stereocenters. The van der Waals surface area contributed by atoms with Crippen LogP contribution in [-0.4, -0.2) is 16.7 Å². The third-order valence-corrected chi connectivity index (χ3v) is 2.52. The zero-order valence-electron chi connectivity index (χ0n) is 7.95. The molecule has 0 aliphatic carbocycles. The normalized spacial score (nSPS) is 10.3. The Morgan fingerprint density at radius 3 is 2.80 bits per heavy atom. The van der Waals surface area contributed by atoms with Crippen molar-refractivity contribution < 1.29 is 9.13 Å². The predicted molar refractivity (Wildman–Crippen MR) is 57.8 cm³/mol. The summed E-state index contributed by atoms with van der Waals surface area (Å²) in [4.78, 5) is 3.98. The molecule has 0 fully saturated rings. The summed E-state index contributed by atoms with van der Waals surface area (Å²) in [5.41, 5.74) is 0.402. The lowest BCUT2D eigenvalue weighted by atomic mass is 10.3. The van der Waals surface area contributed by atoms with E-state index in [-0.39, 0.29) is 5.82 Å². The van der Waals surface area contributed by atoms with Crippen molar-refractivity contribution in [2.24, 2.45) is 0 Å². The van der Waals surface area contributed by atoms with Gasteiger partial charge in [0, 0.05) is 0 Å². The minimum atomic E-state index is -0.325. The summed E-state index contributed by atoms with van der Waals surface area (Å²) in [5, 5.41) is 0. The molecule has 0 saturated heterocycles. The Labute approximate surface area is 94.6 Å². The lowest BCUT2D eigenvalue weighted by Gasteiger charge is -2.08. The summed E-state index contributed by atoms with van der Waals surface area (Å²) in [7, 11) is 1.49. The number of methoxy groups -OCH3 is 1. The van der Waals surface area contributed by atoms with E-state index in [0.717, 1.165) is 0 Å². The van der Waals surface area contributed by atoms with E-state index in [1.807, 2.05) is 0 Å². The number of ether oxygens (including phenoxy) is 1. The van der Waals surface area contributed by atoms with E-state index in [9.17, 15) is 4.39 Å². The molecule has 0 N–H and O–H groups in total. The summed E-state index contributed by atoms with van der Waals surface area (Å²) in [5.74, 6) is -0.325. The average Bonchev–Trinajstić information content (AvgIpc) is 2.60. The zero-order valence-corrected chi connectivity index (χ0v) is 9.53. The van der Waals surface area contributed by atoms with Crippen molar-refractivity contribution in [3.8, 4) is 11.7 Å². The lowest BCUT2D eigenvalue weighted by molar-refractivity contribution is 0.371. The van der Waals surface area contributed by atoms with Gasteiger partial charge in [-0.2, -0.15) is 0 Å². The maximum absolute atomic E-state index is 13.5. The SMILES string of the molecule is COc1ncc(Br)n1-c1ccccc1F. The van der Waals surface area contributed by atoms with Crippen LogP contribution in [0.5, 0.6) is 6.01 Å². The summed E-state index contributed by atoms with van der Waals surface area (Å²) >= 11 is 3.28. The van der Waals surface area contributed by atoms with Gasteiger partial charge >= 0.3 is 6.01 Å². The van der Waals surface area contributed by atoms with Crippen LogP contribution < -0.4 is 4.74 Å². The molecule has 0 bridgehead atoms. The highest BCUT2D eigenvalue weighted by Crippen LogP contribution is 2.25. The van der Waals surface area contributed by atoms with E-state index < -0.39 is 0 Å². The molecule has 5 heteroatoms. The van der Waals surface area contributed by atoms with E-state index in [1.54, 1.807) is 29.0 Å². The predicted octanol–water partition coefficient (Wildman–Crippen LogP) is 2.78. The van der Waals surface area contributed by atoms with Gasteiger partial charge < -0.3 is 4.74 Å². The van der Waals surface area contributed by atoms with Crippen molar-refractivity contribution in [2.75, 3.05) is 7.11 Å². The molecular formula is C10H8BrFN2O. The van der Waals surface area contributed by atoms with E-state index in [0.29, 0.717) is 16.3 Å². The highest BCUT2D eigenvalue weighted by molar-refractivity contribution is 9.10. The van der Waals surface area contributed by atoms with Crippen LogP contribution in [0, 0.1) is 5.82 Å². The van der Waals surface area contributed by atoms with Crippen LogP contribution in [0.25, 0.3) is 5.69 Å². The molecule has 1 heterocycles. The van der Waals surface area contributed by atoms with Crippen molar-refractivity contribution in [3.63, 3.8) is 0 Å². The summed E-state index contributed by atoms with van der Waals surface area (Å²) in [6.45, 7) is 0. The summed E-state index contributed by atoms with van der Waals surface area (Å²) in [6.07, 6.45) is 1.56. The van der Waals surface area contributed by atoms with Crippen LogP contribution in [0.2, 0.25) is 0 Å². The van der Waals surface area contributed by atoms with Crippen molar-refractivity contribution in [1.82, 2.24) is 9.55 Å². The number of hydrogen-bond donors (Lipinski definition) is 0. The van der Waals surface area contributed by atoms with Crippen molar-refractivity contribution in [3.05, 3.63) is 40.9 Å². The molecule has 3 nitrogen and oxygen atoms in total. The van der Waals surface area contributed by atoms with Crippen molar-refractivity contribution in [1.29, 1.82) is 0 Å². The average molecular weight is 271 g/mol. The molecule has 1 aromatic heterocycles. The maximum Gasteiger partial charge on any atom is 0.301 e. The molecule has 78 valence electrons. The minimum absolute atomic E-state index is 0.325. The number of imidazole rings is 1. The first-order valence-electron chi connectivity index (χ1n) is 4.26. The van der Waals surface area contributed by atoms with Crippen LogP contribution in [0.3, 0.4) is 0 Å². The summed E-state index contributed by atoms with van der Waals surface area (Å²) < 4.78 is 20.7. The largest absolute Gasteiger partial charge is 0.468 e. The van der Waals surface area contributed by atoms with Crippen LogP contribution in [0.15, 0.2) is 35.1 Å². The number of benzene rings is 1. The van der Waals surface area contributed by atoms with Gasteiger partial charge in [0.05, 0.1) is 19.0 Å². The maximum atomic E-state index is 13.5. The Morgan fingerprint density at radius 1 is 1.40 bits per heavy atom. The highest BCUT2D eigenvalue weighted by Gasteiger charge is 2.13. The molecule has 0 spiro atoms. The second-order valence-corrected chi connectivity index (χ2v) is 3.67. The van der Waals surface area contributed by atoms with Gasteiger partial charge in [0.2, 0.25) is 0 Å². The topological polar surface area (TPSA) is 27.1 Å². The number of aromatic nitrogens is 2. The highest BCUT2D eigenvalue weighted by atomic mass is 79.9. The van der Waals surface area contributed by atoms with E-state index in [1.165, 1.54) is 13.2 Å². The van der Waals surface area contributed by atoms with Gasteiger partial charge in [0.15, 0.2) is 0 Å². The molecule has 2 aromatic rings. The standard InChI is InChI=1S/C10H8BrFN2O/c1-15-10-13-6-9(11)14(10)8-5-3-2-4-7(8)12/h2-6H,1H3. The number of nitrogens with zero attached hydrogens (tertiary/aromatic N) is 2. The summed E-state index contributed by atoms with van der Waals surface area (Å²) in [6, 6.07) is 6.78. The Balaban J connectivity index is 2.63. The lowest BCUT2D eigenvalue weighted by Crippen LogP contribution is -2.01. The van der Waals surface area contributed by atoms with E-state index in [4.69, 9.17) is 4.74 Å². The van der Waals surface area contributed by atoms with Gasteiger partial charge in [-0.05, 0) is 28.1 Å². The molecule has 0 amide bonds. The number of halogens is 2. The Bertz CT molecular complexity index is 484. The van der Waals surface area contributed by atoms with Gasteiger partial charge in [-0.15, -0.1) is 0 Å². The molecule has 0 aliphatic rings. The first-order valence-corrected chi connectivity index (χ1v) is 5.05. The first kappa shape index (κ1) is 10.2. The second kappa shape index (κ2) is 4.02. The van der Waals surface area contributed by atoms with Gasteiger partial charge in [0.25, 0.3) is 0 Å². The molecule has 0 aliphatic heterocycles. The Hall–Kier alpha value is -1.36. The van der Waals surface area contributed by atoms with Crippen LogP contribution in [0.4, 0.5) is 4.39 Å². The molecule has 2 rings (SSSR count). The van der Waals surface area contributed by atoms with E-state index >= 15 is 0 Å². The third kappa shape index (κ3) is 1.74. The first-order chi connectivity index (χ1) is 7.24. The third-order valence-electron chi connectivity index (χ3n) is 1.96. The second-order valence-electron chi connectivity index (χ2n) is 2.85. The monoisotopic (exact) mass is 270 g/mol. The van der Waals surface area contributed by atoms with Gasteiger partial charge in [-0.1, -0.05) is 12.1 Å². The fraction of sp³-hybridized carbons (Fsp3) is 0.100. The quantitative estimate of drug-likeness (QED) is 0.839. The van der Waals surface area contributed by atoms with E-state index in [2.05, 4.69) is 20.9 Å². The number of hydrogen-bond acceptors (Lipinski definition) is 2. The molecule has 1 aromatic carbocycles. The number of para-hydroxylation sites is 1. The van der Waals surface area contributed by atoms with Crippen LogP contribution >= 0.6 is 15.9 Å². The van der Waals surface area contributed by atoms with Gasteiger partial charge in [-0.25, -0.2) is 9.37 Å². The fourth-order valence-electron chi connectivity index (χ4n) is 1.31. The molecule has 0 radical (unpaired) electrons. The molecule has 0 unspecified atom stereocenters. The zero-order chi connectivity index (χ0) is 10.8. The Kier molecular flexibility index (Phi) is 2.73. The van der Waals surface area contributed by atoms with Gasteiger partial charge in [-0.3, -0.25) is 4.57 Å². The van der Waals surface area contributed by atoms with Crippen LogP contribution in [-0.2, 0) is 0 Å². The molecule has 0 saturated carbocycles.